The average molecular weight is 313 g/mol. The van der Waals surface area contributed by atoms with Gasteiger partial charge in [-0.1, -0.05) is 30.3 Å². The number of aromatic nitrogens is 3. The molecule has 0 bridgehead atoms. The third-order valence-electron chi connectivity index (χ3n) is 4.20. The van der Waals surface area contributed by atoms with Gasteiger partial charge in [-0.3, -0.25) is 9.36 Å². The fourth-order valence-corrected chi connectivity index (χ4v) is 3.03. The number of fused-ring (bicyclic) bond motifs is 1. The summed E-state index contributed by atoms with van der Waals surface area (Å²) in [7, 11) is 3.98. The van der Waals surface area contributed by atoms with Gasteiger partial charge in [0.05, 0.1) is 13.1 Å². The van der Waals surface area contributed by atoms with Gasteiger partial charge in [-0.2, -0.15) is 0 Å². The molecule has 0 fully saturated rings. The van der Waals surface area contributed by atoms with E-state index in [2.05, 4.69) is 22.3 Å². The van der Waals surface area contributed by atoms with Gasteiger partial charge < -0.3 is 9.80 Å². The van der Waals surface area contributed by atoms with E-state index in [-0.39, 0.29) is 11.9 Å². The molecular weight excluding hydrogens is 290 g/mol. The first-order valence-corrected chi connectivity index (χ1v) is 7.96. The number of benzene rings is 1. The second kappa shape index (κ2) is 6.50. The predicted octanol–water partition coefficient (Wildman–Crippen LogP) is 1.49. The standard InChI is InChI=1S/C17H23N5O/c1-13-17(23)21(10-9-14-7-5-4-6-8-14)12-16-19-18-15(22(13)16)11-20(2)3/h4-8,13H,9-12H2,1-3H3/t13-/m1/s1. The Bertz CT molecular complexity index is 680. The van der Waals surface area contributed by atoms with E-state index in [9.17, 15) is 4.79 Å². The molecule has 23 heavy (non-hydrogen) atoms. The van der Waals surface area contributed by atoms with Gasteiger partial charge in [-0.05, 0) is 33.0 Å². The number of rotatable bonds is 5. The van der Waals surface area contributed by atoms with Crippen LogP contribution in [0, 0.1) is 0 Å². The molecule has 6 heteroatoms. The van der Waals surface area contributed by atoms with Crippen LogP contribution in [0.5, 0.6) is 0 Å². The van der Waals surface area contributed by atoms with Crippen molar-refractivity contribution < 1.29 is 4.79 Å². The molecule has 1 aliphatic rings. The lowest BCUT2D eigenvalue weighted by Gasteiger charge is -2.32. The number of amides is 1. The summed E-state index contributed by atoms with van der Waals surface area (Å²) in [6.07, 6.45) is 0.859. The summed E-state index contributed by atoms with van der Waals surface area (Å²) < 4.78 is 1.99. The van der Waals surface area contributed by atoms with E-state index >= 15 is 0 Å². The second-order valence-corrected chi connectivity index (χ2v) is 6.31. The normalized spacial score (nSPS) is 17.7. The maximum absolute atomic E-state index is 12.7. The molecule has 1 aromatic heterocycles. The molecule has 1 aliphatic heterocycles. The van der Waals surface area contributed by atoms with Crippen molar-refractivity contribution in [2.24, 2.45) is 0 Å². The van der Waals surface area contributed by atoms with Crippen LogP contribution in [0.4, 0.5) is 0 Å². The number of nitrogens with zero attached hydrogens (tertiary/aromatic N) is 5. The Balaban J connectivity index is 1.74. The second-order valence-electron chi connectivity index (χ2n) is 6.31. The number of carbonyl (C=O) groups excluding carboxylic acids is 1. The first kappa shape index (κ1) is 15.7. The Kier molecular flexibility index (Phi) is 4.43. The van der Waals surface area contributed by atoms with Crippen LogP contribution in [0.2, 0.25) is 0 Å². The Hall–Kier alpha value is -2.21. The molecule has 0 aliphatic carbocycles. The summed E-state index contributed by atoms with van der Waals surface area (Å²) in [6, 6.07) is 10.0. The minimum absolute atomic E-state index is 0.147. The minimum Gasteiger partial charge on any atom is -0.333 e. The molecule has 122 valence electrons. The van der Waals surface area contributed by atoms with Gasteiger partial charge >= 0.3 is 0 Å². The van der Waals surface area contributed by atoms with Crippen molar-refractivity contribution in [1.29, 1.82) is 0 Å². The van der Waals surface area contributed by atoms with E-state index in [0.29, 0.717) is 19.6 Å². The third kappa shape index (κ3) is 3.27. The summed E-state index contributed by atoms with van der Waals surface area (Å²) in [6.45, 7) is 3.87. The average Bonchev–Trinajstić information content (AvgIpc) is 2.92. The molecule has 1 amide bonds. The highest BCUT2D eigenvalue weighted by molar-refractivity contribution is 5.81. The van der Waals surface area contributed by atoms with Gasteiger partial charge in [0.1, 0.15) is 11.9 Å². The molecular formula is C17H23N5O. The summed E-state index contributed by atoms with van der Waals surface area (Å²) >= 11 is 0. The highest BCUT2D eigenvalue weighted by Crippen LogP contribution is 2.23. The molecule has 0 saturated carbocycles. The van der Waals surface area contributed by atoms with Crippen molar-refractivity contribution >= 4 is 5.91 Å². The lowest BCUT2D eigenvalue weighted by atomic mass is 10.1. The van der Waals surface area contributed by atoms with Crippen LogP contribution in [0.25, 0.3) is 0 Å². The molecule has 6 nitrogen and oxygen atoms in total. The van der Waals surface area contributed by atoms with Crippen molar-refractivity contribution in [2.75, 3.05) is 20.6 Å². The van der Waals surface area contributed by atoms with Gasteiger partial charge in [0.25, 0.3) is 0 Å². The number of hydrogen-bond donors (Lipinski definition) is 0. The Morgan fingerprint density at radius 1 is 1.22 bits per heavy atom. The van der Waals surface area contributed by atoms with Gasteiger partial charge in [-0.25, -0.2) is 0 Å². The maximum Gasteiger partial charge on any atom is 0.245 e. The summed E-state index contributed by atoms with van der Waals surface area (Å²) in [4.78, 5) is 16.6. The largest absolute Gasteiger partial charge is 0.333 e. The zero-order valence-electron chi connectivity index (χ0n) is 13.9. The van der Waals surface area contributed by atoms with E-state index < -0.39 is 0 Å². The summed E-state index contributed by atoms with van der Waals surface area (Å²) in [5, 5.41) is 8.56. The van der Waals surface area contributed by atoms with Gasteiger partial charge in [0, 0.05) is 6.54 Å². The van der Waals surface area contributed by atoms with E-state index in [0.717, 1.165) is 18.1 Å². The zero-order valence-corrected chi connectivity index (χ0v) is 13.9. The van der Waals surface area contributed by atoms with Gasteiger partial charge in [-0.15, -0.1) is 10.2 Å². The van der Waals surface area contributed by atoms with Gasteiger partial charge in [0.15, 0.2) is 5.82 Å². The third-order valence-corrected chi connectivity index (χ3v) is 4.20. The van der Waals surface area contributed by atoms with Crippen molar-refractivity contribution in [3.63, 3.8) is 0 Å². The summed E-state index contributed by atoms with van der Waals surface area (Å²) in [5.41, 5.74) is 1.24. The molecule has 0 saturated heterocycles. The molecule has 1 atom stereocenters. The topological polar surface area (TPSA) is 54.3 Å². The van der Waals surface area contributed by atoms with E-state index in [4.69, 9.17) is 0 Å². The van der Waals surface area contributed by atoms with Crippen molar-refractivity contribution in [3.8, 4) is 0 Å². The molecule has 0 unspecified atom stereocenters. The van der Waals surface area contributed by atoms with Crippen LogP contribution in [-0.4, -0.2) is 51.1 Å². The molecule has 0 N–H and O–H groups in total. The minimum atomic E-state index is -0.237. The zero-order chi connectivity index (χ0) is 16.4. The van der Waals surface area contributed by atoms with Crippen LogP contribution in [0.3, 0.4) is 0 Å². The number of carbonyl (C=O) groups is 1. The first-order valence-electron chi connectivity index (χ1n) is 7.96. The molecule has 1 aromatic carbocycles. The fourth-order valence-electron chi connectivity index (χ4n) is 3.03. The van der Waals surface area contributed by atoms with Crippen molar-refractivity contribution in [3.05, 3.63) is 47.5 Å². The Morgan fingerprint density at radius 3 is 2.65 bits per heavy atom. The summed E-state index contributed by atoms with van der Waals surface area (Å²) in [5.74, 6) is 1.88. The van der Waals surface area contributed by atoms with Crippen LogP contribution in [0.1, 0.15) is 30.2 Å². The van der Waals surface area contributed by atoms with Crippen molar-refractivity contribution in [1.82, 2.24) is 24.6 Å². The quantitative estimate of drug-likeness (QED) is 0.839. The van der Waals surface area contributed by atoms with E-state index in [1.807, 2.05) is 53.6 Å². The van der Waals surface area contributed by atoms with Crippen molar-refractivity contribution in [2.45, 2.75) is 32.5 Å². The lowest BCUT2D eigenvalue weighted by Crippen LogP contribution is -2.43. The molecule has 0 spiro atoms. The SMILES string of the molecule is C[C@@H]1C(=O)N(CCc2ccccc2)Cc2nnc(CN(C)C)n21. The van der Waals surface area contributed by atoms with Crippen LogP contribution in [-0.2, 0) is 24.3 Å². The van der Waals surface area contributed by atoms with Crippen LogP contribution < -0.4 is 0 Å². The molecule has 2 heterocycles. The smallest absolute Gasteiger partial charge is 0.245 e. The van der Waals surface area contributed by atoms with Crippen LogP contribution >= 0.6 is 0 Å². The first-order chi connectivity index (χ1) is 11.1. The highest BCUT2D eigenvalue weighted by atomic mass is 16.2. The van der Waals surface area contributed by atoms with Gasteiger partial charge in [0.2, 0.25) is 5.91 Å². The lowest BCUT2D eigenvalue weighted by molar-refractivity contribution is -0.137. The fraction of sp³-hybridized carbons (Fsp3) is 0.471. The maximum atomic E-state index is 12.7. The highest BCUT2D eigenvalue weighted by Gasteiger charge is 2.32. The number of hydrogen-bond acceptors (Lipinski definition) is 4. The monoisotopic (exact) mass is 313 g/mol. The van der Waals surface area contributed by atoms with E-state index in [1.165, 1.54) is 5.56 Å². The van der Waals surface area contributed by atoms with E-state index in [1.54, 1.807) is 0 Å². The molecule has 0 radical (unpaired) electrons. The van der Waals surface area contributed by atoms with Crippen LogP contribution in [0.15, 0.2) is 30.3 Å². The Labute approximate surface area is 136 Å². The predicted molar refractivity (Wildman–Crippen MR) is 87.7 cm³/mol. The molecule has 3 rings (SSSR count). The Morgan fingerprint density at radius 2 is 1.96 bits per heavy atom. The molecule has 2 aromatic rings.